The highest BCUT2D eigenvalue weighted by atomic mass is 35.5. The summed E-state index contributed by atoms with van der Waals surface area (Å²) < 4.78 is 53.5. The molecule has 0 aliphatic carbocycles. The monoisotopic (exact) mass is 486 g/mol. The van der Waals surface area contributed by atoms with E-state index < -0.39 is 36.5 Å². The Labute approximate surface area is 189 Å². The van der Waals surface area contributed by atoms with Crippen LogP contribution < -0.4 is 10.5 Å². The Kier molecular flexibility index (Phi) is 5.78. The Bertz CT molecular complexity index is 1200. The molecule has 2 atom stereocenters. The molecule has 2 heterocycles. The SMILES string of the molecule is COc1cccc([C@H]2O[C@H](CC(N)=O)c3nnc(C(F)(F)F)n3-c3ccc(Cl)cc32)c1Cl. The molecule has 32 heavy (non-hydrogen) atoms. The second-order valence-corrected chi connectivity index (χ2v) is 7.77. The zero-order valence-electron chi connectivity index (χ0n) is 16.4. The number of carbonyl (C=O) groups is 1. The number of benzene rings is 2. The fourth-order valence-corrected chi connectivity index (χ4v) is 4.10. The van der Waals surface area contributed by atoms with E-state index in [1.165, 1.54) is 25.3 Å². The first kappa shape index (κ1) is 22.4. The van der Waals surface area contributed by atoms with E-state index in [0.29, 0.717) is 11.3 Å². The van der Waals surface area contributed by atoms with Gasteiger partial charge in [-0.05, 0) is 24.3 Å². The summed E-state index contributed by atoms with van der Waals surface area (Å²) in [7, 11) is 1.43. The first-order valence-corrected chi connectivity index (χ1v) is 9.96. The van der Waals surface area contributed by atoms with Gasteiger partial charge in [0.2, 0.25) is 11.7 Å². The van der Waals surface area contributed by atoms with Crippen LogP contribution in [0.1, 0.15) is 41.4 Å². The van der Waals surface area contributed by atoms with Crippen molar-refractivity contribution in [3.05, 3.63) is 69.2 Å². The molecule has 0 unspecified atom stereocenters. The lowest BCUT2D eigenvalue weighted by molar-refractivity contribution is -0.146. The summed E-state index contributed by atoms with van der Waals surface area (Å²) in [6.07, 6.45) is -7.52. The average molecular weight is 487 g/mol. The van der Waals surface area contributed by atoms with Crippen molar-refractivity contribution < 1.29 is 27.4 Å². The molecule has 168 valence electrons. The van der Waals surface area contributed by atoms with E-state index in [0.717, 1.165) is 4.57 Å². The summed E-state index contributed by atoms with van der Waals surface area (Å²) in [6, 6.07) is 9.22. The van der Waals surface area contributed by atoms with E-state index in [9.17, 15) is 18.0 Å². The van der Waals surface area contributed by atoms with Crippen LogP contribution in [-0.4, -0.2) is 27.8 Å². The smallest absolute Gasteiger partial charge is 0.452 e. The van der Waals surface area contributed by atoms with Crippen molar-refractivity contribution in [2.75, 3.05) is 7.11 Å². The van der Waals surface area contributed by atoms with E-state index in [4.69, 9.17) is 38.4 Å². The maximum Gasteiger partial charge on any atom is 0.452 e. The van der Waals surface area contributed by atoms with Gasteiger partial charge in [-0.15, -0.1) is 10.2 Å². The number of aromatic nitrogens is 3. The summed E-state index contributed by atoms with van der Waals surface area (Å²) in [4.78, 5) is 11.7. The Morgan fingerprint density at radius 3 is 2.62 bits per heavy atom. The number of nitrogens with zero attached hydrogens (tertiary/aromatic N) is 3. The number of hydrogen-bond donors (Lipinski definition) is 1. The highest BCUT2D eigenvalue weighted by Gasteiger charge is 2.43. The maximum absolute atomic E-state index is 13.8. The van der Waals surface area contributed by atoms with Crippen LogP contribution in [0.15, 0.2) is 36.4 Å². The number of primary amides is 1. The number of methoxy groups -OCH3 is 1. The predicted octanol–water partition coefficient (Wildman–Crippen LogP) is 4.64. The van der Waals surface area contributed by atoms with Crippen molar-refractivity contribution in [2.24, 2.45) is 5.73 Å². The predicted molar refractivity (Wildman–Crippen MR) is 109 cm³/mol. The molecule has 4 rings (SSSR count). The third kappa shape index (κ3) is 3.89. The summed E-state index contributed by atoms with van der Waals surface area (Å²) in [6.45, 7) is 0. The number of ether oxygens (including phenoxy) is 2. The second-order valence-electron chi connectivity index (χ2n) is 6.96. The summed E-state index contributed by atoms with van der Waals surface area (Å²) in [5.74, 6) is -1.95. The molecule has 3 aromatic rings. The molecular weight excluding hydrogens is 472 g/mol. The minimum absolute atomic E-state index is 0.0811. The first-order valence-electron chi connectivity index (χ1n) is 9.20. The molecular formula is C20H15Cl2F3N4O3. The number of alkyl halides is 3. The van der Waals surface area contributed by atoms with E-state index in [1.54, 1.807) is 18.2 Å². The molecule has 7 nitrogen and oxygen atoms in total. The minimum Gasteiger partial charge on any atom is -0.495 e. The molecule has 2 aromatic carbocycles. The lowest BCUT2D eigenvalue weighted by Gasteiger charge is -2.23. The average Bonchev–Trinajstić information content (AvgIpc) is 3.12. The Hall–Kier alpha value is -2.82. The van der Waals surface area contributed by atoms with E-state index in [2.05, 4.69) is 10.2 Å². The number of nitrogens with two attached hydrogens (primary N) is 1. The Morgan fingerprint density at radius 2 is 1.97 bits per heavy atom. The van der Waals surface area contributed by atoms with Crippen LogP contribution in [0.4, 0.5) is 13.2 Å². The molecule has 1 aliphatic heterocycles. The normalized spacial score (nSPS) is 17.9. The number of rotatable bonds is 4. The van der Waals surface area contributed by atoms with Gasteiger partial charge in [0.25, 0.3) is 0 Å². The van der Waals surface area contributed by atoms with Crippen molar-refractivity contribution >= 4 is 29.1 Å². The van der Waals surface area contributed by atoms with Gasteiger partial charge in [-0.25, -0.2) is 0 Å². The van der Waals surface area contributed by atoms with Crippen LogP contribution in [0.25, 0.3) is 5.69 Å². The molecule has 0 saturated heterocycles. The zero-order chi connectivity index (χ0) is 23.2. The van der Waals surface area contributed by atoms with Gasteiger partial charge in [0, 0.05) is 16.1 Å². The molecule has 2 N–H and O–H groups in total. The fourth-order valence-electron chi connectivity index (χ4n) is 3.61. The second kappa shape index (κ2) is 8.27. The summed E-state index contributed by atoms with van der Waals surface area (Å²) >= 11 is 12.7. The van der Waals surface area contributed by atoms with Gasteiger partial charge in [-0.1, -0.05) is 35.3 Å². The summed E-state index contributed by atoms with van der Waals surface area (Å²) in [5.41, 5.74) is 6.10. The molecule has 0 spiro atoms. The Morgan fingerprint density at radius 1 is 1.22 bits per heavy atom. The largest absolute Gasteiger partial charge is 0.495 e. The molecule has 0 fully saturated rings. The van der Waals surface area contributed by atoms with Gasteiger partial charge in [0.15, 0.2) is 5.82 Å². The third-order valence-corrected chi connectivity index (χ3v) is 5.56. The highest BCUT2D eigenvalue weighted by molar-refractivity contribution is 6.33. The van der Waals surface area contributed by atoms with E-state index in [1.807, 2.05) is 0 Å². The van der Waals surface area contributed by atoms with Crippen LogP contribution in [-0.2, 0) is 15.7 Å². The van der Waals surface area contributed by atoms with Crippen molar-refractivity contribution in [1.82, 2.24) is 14.8 Å². The van der Waals surface area contributed by atoms with E-state index in [-0.39, 0.29) is 27.1 Å². The van der Waals surface area contributed by atoms with Gasteiger partial charge in [0.1, 0.15) is 18.0 Å². The summed E-state index contributed by atoms with van der Waals surface area (Å²) in [5, 5.41) is 7.45. The standard InChI is InChI=1S/C20H15Cl2F3N4O3/c1-31-13-4-2-3-10(16(13)22)17-11-7-9(21)5-6-12(11)29-18(14(32-17)8-15(26)30)27-28-19(29)20(23,24)25/h2-7,14,17H,8H2,1H3,(H2,26,30)/t14-,17-/m1/s1. The lowest BCUT2D eigenvalue weighted by Crippen LogP contribution is -2.20. The van der Waals surface area contributed by atoms with Gasteiger partial charge >= 0.3 is 6.18 Å². The van der Waals surface area contributed by atoms with Crippen molar-refractivity contribution in [1.29, 1.82) is 0 Å². The van der Waals surface area contributed by atoms with Gasteiger partial charge in [-0.3, -0.25) is 9.36 Å². The topological polar surface area (TPSA) is 92.3 Å². The number of fused-ring (bicyclic) bond motifs is 3. The first-order chi connectivity index (χ1) is 15.1. The minimum atomic E-state index is -4.83. The molecule has 0 bridgehead atoms. The fraction of sp³-hybridized carbons (Fsp3) is 0.250. The molecule has 1 aromatic heterocycles. The van der Waals surface area contributed by atoms with Crippen LogP contribution >= 0.6 is 23.2 Å². The van der Waals surface area contributed by atoms with E-state index >= 15 is 0 Å². The van der Waals surface area contributed by atoms with Crippen LogP contribution in [0, 0.1) is 0 Å². The van der Waals surface area contributed by atoms with Gasteiger partial charge in [0.05, 0.1) is 24.2 Å². The number of carbonyl (C=O) groups excluding carboxylic acids is 1. The van der Waals surface area contributed by atoms with Crippen LogP contribution in [0.2, 0.25) is 10.0 Å². The highest BCUT2D eigenvalue weighted by Crippen LogP contribution is 2.46. The van der Waals surface area contributed by atoms with Crippen molar-refractivity contribution in [3.63, 3.8) is 0 Å². The lowest BCUT2D eigenvalue weighted by atomic mass is 9.99. The quantitative estimate of drug-likeness (QED) is 0.579. The molecule has 1 aliphatic rings. The third-order valence-electron chi connectivity index (χ3n) is 4.93. The van der Waals surface area contributed by atoms with Crippen LogP contribution in [0.5, 0.6) is 5.75 Å². The molecule has 0 saturated carbocycles. The van der Waals surface area contributed by atoms with Crippen molar-refractivity contribution in [3.8, 4) is 11.4 Å². The molecule has 1 amide bonds. The number of halogens is 5. The van der Waals surface area contributed by atoms with Gasteiger partial charge < -0.3 is 15.2 Å². The van der Waals surface area contributed by atoms with Crippen LogP contribution in [0.3, 0.4) is 0 Å². The van der Waals surface area contributed by atoms with Crippen molar-refractivity contribution in [2.45, 2.75) is 24.8 Å². The zero-order valence-corrected chi connectivity index (χ0v) is 17.9. The molecule has 12 heteroatoms. The Balaban J connectivity index is 2.03. The molecule has 0 radical (unpaired) electrons. The maximum atomic E-state index is 13.8. The van der Waals surface area contributed by atoms with Gasteiger partial charge in [-0.2, -0.15) is 13.2 Å². The number of amides is 1. The number of hydrogen-bond acceptors (Lipinski definition) is 5.